The Hall–Kier alpha value is -1.55. The summed E-state index contributed by atoms with van der Waals surface area (Å²) in [7, 11) is 1.35. The molecular weight excluding hydrogens is 220 g/mol. The van der Waals surface area contributed by atoms with Gasteiger partial charge in [-0.05, 0) is 25.0 Å². The van der Waals surface area contributed by atoms with Gasteiger partial charge in [0.15, 0.2) is 0 Å². The highest BCUT2D eigenvalue weighted by Gasteiger charge is 2.25. The van der Waals surface area contributed by atoms with E-state index < -0.39 is 5.97 Å². The van der Waals surface area contributed by atoms with Gasteiger partial charge in [0.2, 0.25) is 0 Å². The molecule has 0 bridgehead atoms. The Labute approximate surface area is 100 Å². The van der Waals surface area contributed by atoms with Crippen LogP contribution in [0.25, 0.3) is 0 Å². The molecule has 0 spiro atoms. The fourth-order valence-electron chi connectivity index (χ4n) is 2.05. The van der Waals surface area contributed by atoms with Crippen LogP contribution in [-0.4, -0.2) is 30.4 Å². The van der Waals surface area contributed by atoms with Crippen molar-refractivity contribution in [3.63, 3.8) is 0 Å². The fourth-order valence-corrected chi connectivity index (χ4v) is 2.05. The van der Waals surface area contributed by atoms with Crippen LogP contribution >= 0.6 is 0 Å². The van der Waals surface area contributed by atoms with Gasteiger partial charge in [-0.1, -0.05) is 12.1 Å². The number of hydrogen-bond donors (Lipinski definition) is 1. The first-order valence-corrected chi connectivity index (χ1v) is 5.72. The monoisotopic (exact) mass is 236 g/mol. The van der Waals surface area contributed by atoms with Crippen LogP contribution in [0.4, 0.5) is 0 Å². The van der Waals surface area contributed by atoms with Crippen LogP contribution in [0, 0.1) is 0 Å². The third kappa shape index (κ3) is 2.77. The SMILES string of the molecule is COC(=O)c1ccccc1OC1CCC(O)C1. The first-order valence-electron chi connectivity index (χ1n) is 5.72. The molecule has 0 amide bonds. The van der Waals surface area contributed by atoms with Crippen molar-refractivity contribution in [1.82, 2.24) is 0 Å². The zero-order valence-corrected chi connectivity index (χ0v) is 9.76. The van der Waals surface area contributed by atoms with Gasteiger partial charge in [-0.2, -0.15) is 0 Å². The standard InChI is InChI=1S/C13H16O4/c1-16-13(15)11-4-2-3-5-12(11)17-10-7-6-9(14)8-10/h2-5,9-10,14H,6-8H2,1H3. The van der Waals surface area contributed by atoms with Crippen LogP contribution in [0.1, 0.15) is 29.6 Å². The molecule has 0 aromatic heterocycles. The zero-order valence-electron chi connectivity index (χ0n) is 9.76. The molecule has 17 heavy (non-hydrogen) atoms. The summed E-state index contributed by atoms with van der Waals surface area (Å²) in [5.41, 5.74) is 0.427. The average Bonchev–Trinajstić information content (AvgIpc) is 2.74. The van der Waals surface area contributed by atoms with E-state index in [1.165, 1.54) is 7.11 Å². The molecule has 1 aromatic carbocycles. The summed E-state index contributed by atoms with van der Waals surface area (Å²) in [6.45, 7) is 0. The lowest BCUT2D eigenvalue weighted by molar-refractivity contribution is 0.0592. The largest absolute Gasteiger partial charge is 0.489 e. The minimum Gasteiger partial charge on any atom is -0.489 e. The van der Waals surface area contributed by atoms with Gasteiger partial charge in [0, 0.05) is 6.42 Å². The molecular formula is C13H16O4. The number of methoxy groups -OCH3 is 1. The highest BCUT2D eigenvalue weighted by molar-refractivity contribution is 5.92. The topological polar surface area (TPSA) is 55.8 Å². The van der Waals surface area contributed by atoms with Crippen molar-refractivity contribution in [3.05, 3.63) is 29.8 Å². The van der Waals surface area contributed by atoms with E-state index in [4.69, 9.17) is 9.47 Å². The molecule has 2 rings (SSSR count). The van der Waals surface area contributed by atoms with Crippen LogP contribution in [0.5, 0.6) is 5.75 Å². The molecule has 0 saturated heterocycles. The molecule has 1 aromatic rings. The van der Waals surface area contributed by atoms with Crippen LogP contribution in [0.15, 0.2) is 24.3 Å². The van der Waals surface area contributed by atoms with E-state index in [0.717, 1.165) is 12.8 Å². The van der Waals surface area contributed by atoms with Gasteiger partial charge < -0.3 is 14.6 Å². The molecule has 0 heterocycles. The van der Waals surface area contributed by atoms with E-state index >= 15 is 0 Å². The van der Waals surface area contributed by atoms with Crippen LogP contribution in [0.3, 0.4) is 0 Å². The number of ether oxygens (including phenoxy) is 2. The van der Waals surface area contributed by atoms with E-state index in [1.54, 1.807) is 18.2 Å². The number of aliphatic hydroxyl groups is 1. The minimum absolute atomic E-state index is 0.0178. The predicted octanol–water partition coefficient (Wildman–Crippen LogP) is 1.77. The molecule has 0 aliphatic heterocycles. The second-order valence-corrected chi connectivity index (χ2v) is 4.19. The molecule has 1 aliphatic carbocycles. The van der Waals surface area contributed by atoms with Gasteiger partial charge in [-0.3, -0.25) is 0 Å². The Kier molecular flexibility index (Phi) is 3.64. The van der Waals surface area contributed by atoms with Crippen molar-refractivity contribution < 1.29 is 19.4 Å². The number of carbonyl (C=O) groups is 1. The Morgan fingerprint density at radius 3 is 2.76 bits per heavy atom. The van der Waals surface area contributed by atoms with Gasteiger partial charge in [0.25, 0.3) is 0 Å². The first kappa shape index (κ1) is 11.9. The number of para-hydroxylation sites is 1. The minimum atomic E-state index is -0.404. The van der Waals surface area contributed by atoms with E-state index in [2.05, 4.69) is 0 Å². The molecule has 2 unspecified atom stereocenters. The summed E-state index contributed by atoms with van der Waals surface area (Å²) < 4.78 is 10.4. The van der Waals surface area contributed by atoms with Crippen molar-refractivity contribution in [2.45, 2.75) is 31.5 Å². The molecule has 1 N–H and O–H groups in total. The Bertz CT molecular complexity index is 402. The lowest BCUT2D eigenvalue weighted by atomic mass is 10.2. The summed E-state index contributed by atoms with van der Waals surface area (Å²) in [5.74, 6) is 0.123. The highest BCUT2D eigenvalue weighted by atomic mass is 16.5. The number of esters is 1. The second-order valence-electron chi connectivity index (χ2n) is 4.19. The molecule has 4 nitrogen and oxygen atoms in total. The lowest BCUT2D eigenvalue weighted by Gasteiger charge is -2.15. The lowest BCUT2D eigenvalue weighted by Crippen LogP contribution is -2.15. The number of carbonyl (C=O) groups excluding carboxylic acids is 1. The Morgan fingerprint density at radius 1 is 1.35 bits per heavy atom. The number of rotatable bonds is 3. The summed E-state index contributed by atoms with van der Waals surface area (Å²) >= 11 is 0. The maximum atomic E-state index is 11.5. The molecule has 0 radical (unpaired) electrons. The van der Waals surface area contributed by atoms with E-state index in [9.17, 15) is 9.90 Å². The highest BCUT2D eigenvalue weighted by Crippen LogP contribution is 2.27. The fraction of sp³-hybridized carbons (Fsp3) is 0.462. The maximum Gasteiger partial charge on any atom is 0.341 e. The van der Waals surface area contributed by atoms with Gasteiger partial charge in [0.1, 0.15) is 17.4 Å². The van der Waals surface area contributed by atoms with Gasteiger partial charge >= 0.3 is 5.97 Å². The summed E-state index contributed by atoms with van der Waals surface area (Å²) in [5, 5.41) is 9.43. The van der Waals surface area contributed by atoms with E-state index in [-0.39, 0.29) is 12.2 Å². The van der Waals surface area contributed by atoms with E-state index in [1.807, 2.05) is 6.07 Å². The van der Waals surface area contributed by atoms with Crippen LogP contribution in [0.2, 0.25) is 0 Å². The number of benzene rings is 1. The Balaban J connectivity index is 2.12. The summed E-state index contributed by atoms with van der Waals surface area (Å²) in [6.07, 6.45) is 1.89. The third-order valence-corrected chi connectivity index (χ3v) is 2.94. The van der Waals surface area contributed by atoms with Crippen molar-refractivity contribution in [2.24, 2.45) is 0 Å². The van der Waals surface area contributed by atoms with Gasteiger partial charge in [-0.15, -0.1) is 0 Å². The average molecular weight is 236 g/mol. The van der Waals surface area contributed by atoms with Crippen LogP contribution in [-0.2, 0) is 4.74 Å². The molecule has 1 fully saturated rings. The number of aliphatic hydroxyl groups excluding tert-OH is 1. The molecule has 92 valence electrons. The predicted molar refractivity (Wildman–Crippen MR) is 62.1 cm³/mol. The zero-order chi connectivity index (χ0) is 12.3. The summed E-state index contributed by atoms with van der Waals surface area (Å²) in [6, 6.07) is 7.00. The normalized spacial score (nSPS) is 23.4. The summed E-state index contributed by atoms with van der Waals surface area (Å²) in [4.78, 5) is 11.5. The van der Waals surface area contributed by atoms with Crippen LogP contribution < -0.4 is 4.74 Å². The maximum absolute atomic E-state index is 11.5. The molecule has 1 saturated carbocycles. The van der Waals surface area contributed by atoms with Crippen molar-refractivity contribution in [3.8, 4) is 5.75 Å². The first-order chi connectivity index (χ1) is 8.20. The molecule has 4 heteroatoms. The smallest absolute Gasteiger partial charge is 0.341 e. The number of hydrogen-bond acceptors (Lipinski definition) is 4. The Morgan fingerprint density at radius 2 is 2.12 bits per heavy atom. The molecule has 1 aliphatic rings. The van der Waals surface area contributed by atoms with Gasteiger partial charge in [0.05, 0.1) is 13.2 Å². The van der Waals surface area contributed by atoms with Crippen molar-refractivity contribution in [1.29, 1.82) is 0 Å². The van der Waals surface area contributed by atoms with Gasteiger partial charge in [-0.25, -0.2) is 4.79 Å². The molecule has 2 atom stereocenters. The second kappa shape index (κ2) is 5.19. The van der Waals surface area contributed by atoms with Crippen molar-refractivity contribution >= 4 is 5.97 Å². The van der Waals surface area contributed by atoms with Crippen molar-refractivity contribution in [2.75, 3.05) is 7.11 Å². The quantitative estimate of drug-likeness (QED) is 0.812. The van der Waals surface area contributed by atoms with E-state index in [0.29, 0.717) is 17.7 Å². The third-order valence-electron chi connectivity index (χ3n) is 2.94.